The van der Waals surface area contributed by atoms with Gasteiger partial charge in [0.2, 0.25) is 11.7 Å². The molecule has 1 amide bonds. The van der Waals surface area contributed by atoms with E-state index in [9.17, 15) is 22.8 Å². The number of carbonyl (C=O) groups excluding carboxylic acids is 2. The second-order valence-corrected chi connectivity index (χ2v) is 12.1. The number of hydrogen-bond donors (Lipinski definition) is 2. The van der Waals surface area contributed by atoms with Crippen molar-refractivity contribution >= 4 is 39.6 Å². The molecular weight excluding hydrogens is 649 g/mol. The third-order valence-electron chi connectivity index (χ3n) is 8.85. The van der Waals surface area contributed by atoms with Crippen LogP contribution in [0.3, 0.4) is 0 Å². The highest BCUT2D eigenvalue weighted by molar-refractivity contribution is 6.09. The number of benzene rings is 2. The number of rotatable bonds is 7. The van der Waals surface area contributed by atoms with Crippen LogP contribution in [0.15, 0.2) is 55.0 Å². The Kier molecular flexibility index (Phi) is 8.19. The standard InChI is InChI=1S/C34H30F5N7O3/c1-44-11-7-24-30-20(27-21(34(37,38)39)15-25-29(31(27)44)41-17-45(25)2)5-4-10-46(30)33(42-24)32(48)18-13-22(35)28(23(36)14-18)43-26(47)6-3-9-40-19-8-12-49-16-19/h3-6,10,13-15,17,19,40H,7-9,11-12,16H2,1-2H3,(H,43,47)/b6-3+/t19-/m0/s1. The predicted molar refractivity (Wildman–Crippen MR) is 172 cm³/mol. The van der Waals surface area contributed by atoms with Crippen LogP contribution in [-0.4, -0.2) is 70.0 Å². The molecule has 0 bridgehead atoms. The zero-order valence-electron chi connectivity index (χ0n) is 26.4. The maximum Gasteiger partial charge on any atom is 0.417 e. The van der Waals surface area contributed by atoms with E-state index in [1.807, 2.05) is 0 Å². The molecule has 2 aliphatic heterocycles. The highest BCUT2D eigenvalue weighted by atomic mass is 19.4. The number of ketones is 1. The Labute approximate surface area is 276 Å². The van der Waals surface area contributed by atoms with E-state index >= 15 is 8.78 Å². The van der Waals surface area contributed by atoms with Crippen molar-refractivity contribution in [1.82, 2.24) is 24.3 Å². The van der Waals surface area contributed by atoms with E-state index in [-0.39, 0.29) is 47.2 Å². The number of aryl methyl sites for hydroxylation is 1. The van der Waals surface area contributed by atoms with Crippen LogP contribution in [0.25, 0.3) is 27.7 Å². The molecule has 0 unspecified atom stereocenters. The zero-order valence-corrected chi connectivity index (χ0v) is 26.4. The van der Waals surface area contributed by atoms with E-state index in [1.165, 1.54) is 39.7 Å². The number of pyridine rings is 1. The normalized spacial score (nSPS) is 16.4. The maximum atomic E-state index is 15.2. The van der Waals surface area contributed by atoms with Gasteiger partial charge in [0.05, 0.1) is 40.9 Å². The third-order valence-corrected chi connectivity index (χ3v) is 8.85. The van der Waals surface area contributed by atoms with Crippen molar-refractivity contribution in [3.8, 4) is 11.1 Å². The number of nitrogens with zero attached hydrogens (tertiary/aromatic N) is 5. The molecule has 2 N–H and O–H groups in total. The molecule has 0 aliphatic carbocycles. The predicted octanol–water partition coefficient (Wildman–Crippen LogP) is 5.28. The van der Waals surface area contributed by atoms with Gasteiger partial charge in [0.15, 0.2) is 5.82 Å². The van der Waals surface area contributed by atoms with Crippen molar-refractivity contribution in [1.29, 1.82) is 0 Å². The van der Waals surface area contributed by atoms with Crippen LogP contribution >= 0.6 is 0 Å². The van der Waals surface area contributed by atoms with Crippen LogP contribution in [0, 0.1) is 11.6 Å². The minimum Gasteiger partial charge on any atom is -0.380 e. The average Bonchev–Trinajstić information content (AvgIpc) is 3.80. The molecular formula is C34H30F5N7O3. The number of ether oxygens (including phenoxy) is 1. The number of carbonyl (C=O) groups is 2. The summed E-state index contributed by atoms with van der Waals surface area (Å²) in [6, 6.07) is 5.83. The molecule has 1 atom stereocenters. The topological polar surface area (TPSA) is 106 Å². The number of likely N-dealkylation sites (N-methyl/N-ethyl adjacent to an activating group) is 1. The van der Waals surface area contributed by atoms with Crippen LogP contribution < -0.4 is 15.5 Å². The molecule has 2 aromatic carbocycles. The molecule has 10 nitrogen and oxygen atoms in total. The Bertz CT molecular complexity index is 2140. The van der Waals surface area contributed by atoms with Crippen molar-refractivity contribution in [2.45, 2.75) is 25.1 Å². The monoisotopic (exact) mass is 679 g/mol. The van der Waals surface area contributed by atoms with Crippen molar-refractivity contribution < 1.29 is 36.3 Å². The summed E-state index contributed by atoms with van der Waals surface area (Å²) in [6.45, 7) is 1.82. The number of alkyl halides is 3. The van der Waals surface area contributed by atoms with Crippen LogP contribution in [-0.2, 0) is 29.2 Å². The van der Waals surface area contributed by atoms with E-state index in [2.05, 4.69) is 20.6 Å². The fourth-order valence-electron chi connectivity index (χ4n) is 6.46. The lowest BCUT2D eigenvalue weighted by Crippen LogP contribution is -2.29. The third kappa shape index (κ3) is 5.82. The zero-order chi connectivity index (χ0) is 34.6. The molecule has 5 aromatic rings. The van der Waals surface area contributed by atoms with Crippen molar-refractivity contribution in [2.75, 3.05) is 43.6 Å². The van der Waals surface area contributed by atoms with Crippen LogP contribution in [0.2, 0.25) is 0 Å². The molecule has 7 rings (SSSR count). The maximum absolute atomic E-state index is 15.2. The summed E-state index contributed by atoms with van der Waals surface area (Å²) >= 11 is 0. The lowest BCUT2D eigenvalue weighted by Gasteiger charge is -2.28. The van der Waals surface area contributed by atoms with Gasteiger partial charge in [-0.05, 0) is 30.7 Å². The van der Waals surface area contributed by atoms with Gasteiger partial charge in [-0.25, -0.2) is 18.7 Å². The fraction of sp³-hybridized carbons (Fsp3) is 0.294. The van der Waals surface area contributed by atoms with Crippen LogP contribution in [0.1, 0.15) is 33.9 Å². The molecule has 3 aromatic heterocycles. The first-order valence-electron chi connectivity index (χ1n) is 15.5. The number of nitrogens with one attached hydrogen (secondary N) is 2. The van der Waals surface area contributed by atoms with Crippen molar-refractivity contribution in [3.63, 3.8) is 0 Å². The van der Waals surface area contributed by atoms with E-state index in [0.717, 1.165) is 30.7 Å². The van der Waals surface area contributed by atoms with E-state index < -0.39 is 46.3 Å². The Morgan fingerprint density at radius 2 is 1.92 bits per heavy atom. The first-order chi connectivity index (χ1) is 23.4. The van der Waals surface area contributed by atoms with Gasteiger partial charge in [-0.2, -0.15) is 13.2 Å². The Balaban J connectivity index is 1.25. The fourth-order valence-corrected chi connectivity index (χ4v) is 6.46. The van der Waals surface area contributed by atoms with E-state index in [1.54, 1.807) is 19.0 Å². The molecule has 254 valence electrons. The lowest BCUT2D eigenvalue weighted by atomic mass is 9.93. The van der Waals surface area contributed by atoms with Gasteiger partial charge in [-0.15, -0.1) is 0 Å². The molecule has 0 saturated carbocycles. The molecule has 1 fully saturated rings. The average molecular weight is 680 g/mol. The number of anilines is 2. The highest BCUT2D eigenvalue weighted by Gasteiger charge is 2.39. The number of imidazole rings is 2. The van der Waals surface area contributed by atoms with Crippen molar-refractivity contribution in [3.05, 3.63) is 89.3 Å². The highest BCUT2D eigenvalue weighted by Crippen LogP contribution is 2.48. The first kappa shape index (κ1) is 32.4. The molecule has 5 heterocycles. The summed E-state index contributed by atoms with van der Waals surface area (Å²) in [7, 11) is 3.29. The molecule has 15 heteroatoms. The van der Waals surface area contributed by atoms with Gasteiger partial charge in [0.1, 0.15) is 22.8 Å². The van der Waals surface area contributed by atoms with Gasteiger partial charge in [-0.1, -0.05) is 12.1 Å². The smallest absolute Gasteiger partial charge is 0.380 e. The summed E-state index contributed by atoms with van der Waals surface area (Å²) < 4.78 is 82.7. The number of amides is 1. The number of hydrogen-bond acceptors (Lipinski definition) is 7. The largest absolute Gasteiger partial charge is 0.417 e. The lowest BCUT2D eigenvalue weighted by molar-refractivity contribution is -0.137. The van der Waals surface area contributed by atoms with Crippen LogP contribution in [0.4, 0.5) is 33.3 Å². The summed E-state index contributed by atoms with van der Waals surface area (Å²) in [4.78, 5) is 36.8. The van der Waals surface area contributed by atoms with E-state index in [4.69, 9.17) is 4.74 Å². The van der Waals surface area contributed by atoms with Gasteiger partial charge in [0, 0.05) is 75.2 Å². The molecule has 0 spiro atoms. The minimum absolute atomic E-state index is 0.110. The minimum atomic E-state index is -4.74. The molecule has 1 saturated heterocycles. The molecule has 2 aliphatic rings. The molecule has 0 radical (unpaired) electrons. The first-order valence-corrected chi connectivity index (χ1v) is 15.5. The second kappa shape index (κ2) is 12.4. The van der Waals surface area contributed by atoms with Crippen molar-refractivity contribution in [2.24, 2.45) is 7.05 Å². The Morgan fingerprint density at radius 1 is 1.14 bits per heavy atom. The summed E-state index contributed by atoms with van der Waals surface area (Å²) in [5.41, 5.74) is -0.335. The summed E-state index contributed by atoms with van der Waals surface area (Å²) in [5.74, 6) is -4.23. The second-order valence-electron chi connectivity index (χ2n) is 12.1. The van der Waals surface area contributed by atoms with E-state index in [0.29, 0.717) is 36.5 Å². The van der Waals surface area contributed by atoms with Gasteiger partial charge in [-0.3, -0.25) is 14.0 Å². The SMILES string of the molecule is CN1CCc2nc(C(=O)c3cc(F)c(NC(=O)/C=C/CN[C@H]4CCOC4)c(F)c3)n3cccc(c23)-c2c(C(F)(F)F)cc3c(ncn3C)c21. The summed E-state index contributed by atoms with van der Waals surface area (Å²) in [6.07, 6.45) is 1.94. The van der Waals surface area contributed by atoms with Crippen LogP contribution in [0.5, 0.6) is 0 Å². The van der Waals surface area contributed by atoms with Gasteiger partial charge < -0.3 is 24.8 Å². The number of halogens is 5. The molecule has 49 heavy (non-hydrogen) atoms. The quantitative estimate of drug-likeness (QED) is 0.137. The number of fused-ring (bicyclic) bond motifs is 4. The van der Waals surface area contributed by atoms with Gasteiger partial charge >= 0.3 is 6.18 Å². The number of aromatic nitrogens is 4. The Hall–Kier alpha value is -5.15. The summed E-state index contributed by atoms with van der Waals surface area (Å²) in [5, 5.41) is 5.34. The van der Waals surface area contributed by atoms with Gasteiger partial charge in [0.25, 0.3) is 0 Å². The Morgan fingerprint density at radius 3 is 2.63 bits per heavy atom.